The molecule has 2 N–H and O–H groups in total. The third-order valence-corrected chi connectivity index (χ3v) is 4.10. The van der Waals surface area contributed by atoms with Gasteiger partial charge >= 0.3 is 0 Å². The van der Waals surface area contributed by atoms with Gasteiger partial charge in [-0.05, 0) is 61.4 Å². The lowest BCUT2D eigenvalue weighted by molar-refractivity contribution is -0.129. The van der Waals surface area contributed by atoms with Gasteiger partial charge in [-0.2, -0.15) is 10.2 Å². The van der Waals surface area contributed by atoms with Crippen LogP contribution in [0.4, 0.5) is 0 Å². The molecular formula is C23H28N4O6. The molecule has 0 aliphatic carbocycles. The molecule has 0 bridgehead atoms. The second kappa shape index (κ2) is 13.4. The Hall–Kier alpha value is -4.08. The van der Waals surface area contributed by atoms with Crippen molar-refractivity contribution in [2.75, 3.05) is 27.4 Å². The zero-order valence-electron chi connectivity index (χ0n) is 19.1. The number of nitrogens with zero attached hydrogens (tertiary/aromatic N) is 2. The van der Waals surface area contributed by atoms with E-state index in [0.717, 1.165) is 0 Å². The highest BCUT2D eigenvalue weighted by molar-refractivity contribution is 5.97. The molecule has 176 valence electrons. The maximum atomic E-state index is 11.9. The number of nitrogens with one attached hydrogen (secondary N) is 2. The zero-order valence-corrected chi connectivity index (χ0v) is 19.1. The highest BCUT2D eigenvalue weighted by atomic mass is 16.5. The highest BCUT2D eigenvalue weighted by Crippen LogP contribution is 2.28. The number of carbonyl (C=O) groups is 2. The van der Waals surface area contributed by atoms with E-state index in [1.807, 2.05) is 13.8 Å². The molecule has 2 aromatic carbocycles. The Labute approximate surface area is 192 Å². The monoisotopic (exact) mass is 456 g/mol. The molecule has 0 radical (unpaired) electrons. The number of methoxy groups -OCH3 is 2. The Kier molecular flexibility index (Phi) is 10.2. The number of hydrogen-bond donors (Lipinski definition) is 2. The molecule has 0 aliphatic rings. The van der Waals surface area contributed by atoms with E-state index in [2.05, 4.69) is 21.1 Å². The molecule has 10 heteroatoms. The molecule has 0 saturated carbocycles. The molecule has 0 unspecified atom stereocenters. The fourth-order valence-electron chi connectivity index (χ4n) is 2.66. The Balaban J connectivity index is 1.83. The van der Waals surface area contributed by atoms with E-state index >= 15 is 0 Å². The topological polar surface area (TPSA) is 120 Å². The molecule has 10 nitrogen and oxygen atoms in total. The molecule has 2 amide bonds. The molecule has 0 spiro atoms. The van der Waals surface area contributed by atoms with E-state index in [-0.39, 0.29) is 0 Å². The van der Waals surface area contributed by atoms with E-state index in [1.165, 1.54) is 26.6 Å². The van der Waals surface area contributed by atoms with Crippen LogP contribution < -0.4 is 29.8 Å². The van der Waals surface area contributed by atoms with Crippen LogP contribution in [0.5, 0.6) is 23.0 Å². The summed E-state index contributed by atoms with van der Waals surface area (Å²) >= 11 is 0. The number of amides is 2. The fourth-order valence-corrected chi connectivity index (χ4v) is 2.66. The standard InChI is InChI=1S/C23H28N4O6/c1-5-32-18-9-7-16(11-20(18)30-3)14-24-26-22(28)13-23(29)27-25-15-17-8-10-19(33-6-2)21(12-17)31-4/h7-12,14-15H,5-6,13H2,1-4H3,(H,26,28)(H,27,29)/b24-14-,25-15-. The van der Waals surface area contributed by atoms with Gasteiger partial charge in [-0.25, -0.2) is 10.9 Å². The van der Waals surface area contributed by atoms with Gasteiger partial charge < -0.3 is 18.9 Å². The Morgan fingerprint density at radius 3 is 1.55 bits per heavy atom. The van der Waals surface area contributed by atoms with Gasteiger partial charge in [-0.1, -0.05) is 0 Å². The van der Waals surface area contributed by atoms with Crippen LogP contribution in [0.15, 0.2) is 46.6 Å². The number of hydrogen-bond acceptors (Lipinski definition) is 8. The molecule has 0 aliphatic heterocycles. The summed E-state index contributed by atoms with van der Waals surface area (Å²) in [7, 11) is 3.07. The first-order valence-electron chi connectivity index (χ1n) is 10.3. The average molecular weight is 456 g/mol. The molecule has 0 fully saturated rings. The first-order chi connectivity index (χ1) is 16.0. The van der Waals surface area contributed by atoms with Crippen LogP contribution in [-0.4, -0.2) is 51.7 Å². The van der Waals surface area contributed by atoms with Crippen molar-refractivity contribution >= 4 is 24.2 Å². The molecule has 0 atom stereocenters. The quantitative estimate of drug-likeness (QED) is 0.288. The Morgan fingerprint density at radius 2 is 1.18 bits per heavy atom. The molecule has 33 heavy (non-hydrogen) atoms. The molecule has 2 rings (SSSR count). The van der Waals surface area contributed by atoms with Crippen molar-refractivity contribution in [3.05, 3.63) is 47.5 Å². The predicted molar refractivity (Wildman–Crippen MR) is 124 cm³/mol. The van der Waals surface area contributed by atoms with Crippen LogP contribution in [0.1, 0.15) is 31.4 Å². The highest BCUT2D eigenvalue weighted by Gasteiger charge is 2.08. The summed E-state index contributed by atoms with van der Waals surface area (Å²) in [5, 5.41) is 7.70. The lowest BCUT2D eigenvalue weighted by Gasteiger charge is -2.09. The number of benzene rings is 2. The van der Waals surface area contributed by atoms with E-state index in [9.17, 15) is 9.59 Å². The molecule has 0 aromatic heterocycles. The zero-order chi connectivity index (χ0) is 24.1. The molecule has 2 aromatic rings. The van der Waals surface area contributed by atoms with Gasteiger partial charge in [0.15, 0.2) is 23.0 Å². The number of rotatable bonds is 12. The number of carbonyl (C=O) groups excluding carboxylic acids is 2. The lowest BCUT2D eigenvalue weighted by Crippen LogP contribution is -2.27. The minimum Gasteiger partial charge on any atom is -0.493 e. The SMILES string of the molecule is CCOc1ccc(/C=N\NC(=O)CC(=O)N/N=C\c2ccc(OCC)c(OC)c2)cc1OC. The van der Waals surface area contributed by atoms with Gasteiger partial charge in [0.2, 0.25) is 11.8 Å². The van der Waals surface area contributed by atoms with Crippen LogP contribution in [0, 0.1) is 0 Å². The van der Waals surface area contributed by atoms with Gasteiger partial charge in [-0.15, -0.1) is 0 Å². The van der Waals surface area contributed by atoms with Gasteiger partial charge in [-0.3, -0.25) is 9.59 Å². The fraction of sp³-hybridized carbons (Fsp3) is 0.304. The van der Waals surface area contributed by atoms with Gasteiger partial charge in [0.25, 0.3) is 0 Å². The van der Waals surface area contributed by atoms with Crippen LogP contribution >= 0.6 is 0 Å². The van der Waals surface area contributed by atoms with Crippen molar-refractivity contribution in [2.24, 2.45) is 10.2 Å². The van der Waals surface area contributed by atoms with Gasteiger partial charge in [0.1, 0.15) is 6.42 Å². The third kappa shape index (κ3) is 8.17. The smallest absolute Gasteiger partial charge is 0.249 e. The first kappa shape index (κ1) is 25.2. The Bertz CT molecular complexity index is 927. The van der Waals surface area contributed by atoms with Crippen LogP contribution in [-0.2, 0) is 9.59 Å². The molecule has 0 saturated heterocycles. The summed E-state index contributed by atoms with van der Waals surface area (Å²) in [6.45, 7) is 4.78. The van der Waals surface area contributed by atoms with Crippen molar-refractivity contribution < 1.29 is 28.5 Å². The van der Waals surface area contributed by atoms with Crippen LogP contribution in [0.3, 0.4) is 0 Å². The van der Waals surface area contributed by atoms with E-state index in [0.29, 0.717) is 47.3 Å². The maximum Gasteiger partial charge on any atom is 0.249 e. The average Bonchev–Trinajstić information content (AvgIpc) is 2.81. The van der Waals surface area contributed by atoms with Crippen molar-refractivity contribution in [2.45, 2.75) is 20.3 Å². The third-order valence-electron chi connectivity index (χ3n) is 4.10. The van der Waals surface area contributed by atoms with Crippen molar-refractivity contribution in [1.29, 1.82) is 0 Å². The maximum absolute atomic E-state index is 11.9. The van der Waals surface area contributed by atoms with Crippen molar-refractivity contribution in [1.82, 2.24) is 10.9 Å². The minimum atomic E-state index is -0.584. The minimum absolute atomic E-state index is 0.437. The summed E-state index contributed by atoms with van der Waals surface area (Å²) in [5.41, 5.74) is 5.97. The number of hydrazone groups is 2. The normalized spacial score (nSPS) is 10.8. The second-order valence-electron chi connectivity index (χ2n) is 6.45. The summed E-state index contributed by atoms with van der Waals surface area (Å²) < 4.78 is 21.4. The Morgan fingerprint density at radius 1 is 0.758 bits per heavy atom. The van der Waals surface area contributed by atoms with Crippen molar-refractivity contribution in [3.8, 4) is 23.0 Å². The molecule has 0 heterocycles. The largest absolute Gasteiger partial charge is 0.493 e. The van der Waals surface area contributed by atoms with Crippen molar-refractivity contribution in [3.63, 3.8) is 0 Å². The van der Waals surface area contributed by atoms with E-state index < -0.39 is 18.2 Å². The van der Waals surface area contributed by atoms with E-state index in [1.54, 1.807) is 36.4 Å². The summed E-state index contributed by atoms with van der Waals surface area (Å²) in [6.07, 6.45) is 2.44. The van der Waals surface area contributed by atoms with Gasteiger partial charge in [0.05, 0.1) is 39.9 Å². The summed E-state index contributed by atoms with van der Waals surface area (Å²) in [5.74, 6) is 1.16. The first-order valence-corrected chi connectivity index (χ1v) is 10.3. The summed E-state index contributed by atoms with van der Waals surface area (Å²) in [6, 6.07) is 10.5. The molecular weight excluding hydrogens is 428 g/mol. The summed E-state index contributed by atoms with van der Waals surface area (Å²) in [4.78, 5) is 23.8. The van der Waals surface area contributed by atoms with E-state index in [4.69, 9.17) is 18.9 Å². The second-order valence-corrected chi connectivity index (χ2v) is 6.45. The van der Waals surface area contributed by atoms with Gasteiger partial charge in [0, 0.05) is 0 Å². The van der Waals surface area contributed by atoms with Crippen LogP contribution in [0.2, 0.25) is 0 Å². The number of ether oxygens (including phenoxy) is 4. The van der Waals surface area contributed by atoms with Crippen LogP contribution in [0.25, 0.3) is 0 Å². The lowest BCUT2D eigenvalue weighted by atomic mass is 10.2. The predicted octanol–water partition coefficient (Wildman–Crippen LogP) is 2.49.